The van der Waals surface area contributed by atoms with Crippen molar-refractivity contribution in [3.63, 3.8) is 0 Å². The number of nitrogens with one attached hydrogen (secondary N) is 1. The van der Waals surface area contributed by atoms with Crippen LogP contribution in [0, 0.1) is 0 Å². The number of pyridine rings is 1. The van der Waals surface area contributed by atoms with Crippen LogP contribution in [0.4, 0.5) is 10.5 Å². The zero-order chi connectivity index (χ0) is 19.8. The summed E-state index contributed by atoms with van der Waals surface area (Å²) in [7, 11) is 0. The average Bonchev–Trinajstić information content (AvgIpc) is 2.92. The normalized spacial score (nSPS) is 15.0. The van der Waals surface area contributed by atoms with Gasteiger partial charge in [0.25, 0.3) is 0 Å². The van der Waals surface area contributed by atoms with Gasteiger partial charge in [-0.25, -0.2) is 14.5 Å². The first-order valence-corrected chi connectivity index (χ1v) is 9.32. The Morgan fingerprint density at radius 1 is 1.37 bits per heavy atom. The number of ether oxygens (including phenoxy) is 1. The van der Waals surface area contributed by atoms with Crippen molar-refractivity contribution < 1.29 is 9.53 Å². The van der Waals surface area contributed by atoms with Crippen LogP contribution < -0.4 is 5.32 Å². The van der Waals surface area contributed by atoms with E-state index in [2.05, 4.69) is 34.5 Å². The van der Waals surface area contributed by atoms with E-state index < -0.39 is 5.60 Å². The molecule has 1 N–H and O–H groups in total. The SMILES string of the molecule is CC(C)Nc1cc(Cl)ncc1-c1cn(C2CN(C(=O)OC(C)(C)C)C2)nn1. The largest absolute Gasteiger partial charge is 0.444 e. The minimum Gasteiger partial charge on any atom is -0.444 e. The van der Waals surface area contributed by atoms with Crippen molar-refractivity contribution in [1.82, 2.24) is 24.9 Å². The van der Waals surface area contributed by atoms with E-state index in [4.69, 9.17) is 16.3 Å². The first-order valence-electron chi connectivity index (χ1n) is 8.94. The molecule has 1 aliphatic heterocycles. The minimum absolute atomic E-state index is 0.0838. The van der Waals surface area contributed by atoms with Crippen LogP contribution in [0.5, 0.6) is 0 Å². The van der Waals surface area contributed by atoms with Crippen LogP contribution in [0.3, 0.4) is 0 Å². The fourth-order valence-electron chi connectivity index (χ4n) is 2.74. The Kier molecular flexibility index (Phi) is 5.28. The van der Waals surface area contributed by atoms with Crippen LogP contribution in [0.15, 0.2) is 18.5 Å². The summed E-state index contributed by atoms with van der Waals surface area (Å²) < 4.78 is 7.16. The predicted octanol–water partition coefficient (Wildman–Crippen LogP) is 3.61. The number of amides is 1. The van der Waals surface area contributed by atoms with Gasteiger partial charge in [-0.1, -0.05) is 16.8 Å². The lowest BCUT2D eigenvalue weighted by Gasteiger charge is -2.39. The number of hydrogen-bond acceptors (Lipinski definition) is 6. The predicted molar refractivity (Wildman–Crippen MR) is 104 cm³/mol. The molecule has 0 unspecified atom stereocenters. The van der Waals surface area contributed by atoms with E-state index in [1.54, 1.807) is 21.8 Å². The molecular formula is C18H25ClN6O2. The Morgan fingerprint density at radius 2 is 2.07 bits per heavy atom. The Bertz CT molecular complexity index is 823. The monoisotopic (exact) mass is 392 g/mol. The summed E-state index contributed by atoms with van der Waals surface area (Å²) in [4.78, 5) is 17.9. The highest BCUT2D eigenvalue weighted by molar-refractivity contribution is 6.29. The van der Waals surface area contributed by atoms with E-state index in [-0.39, 0.29) is 18.2 Å². The molecule has 1 saturated heterocycles. The topological polar surface area (TPSA) is 85.2 Å². The molecule has 0 saturated carbocycles. The third kappa shape index (κ3) is 4.68. The second kappa shape index (κ2) is 7.34. The van der Waals surface area contributed by atoms with Gasteiger partial charge in [-0.2, -0.15) is 0 Å². The van der Waals surface area contributed by atoms with Crippen LogP contribution in [-0.4, -0.2) is 55.7 Å². The molecular weight excluding hydrogens is 368 g/mol. The number of rotatable bonds is 4. The Morgan fingerprint density at radius 3 is 2.70 bits per heavy atom. The van der Waals surface area contributed by atoms with Gasteiger partial charge >= 0.3 is 6.09 Å². The molecule has 0 bridgehead atoms. The summed E-state index contributed by atoms with van der Waals surface area (Å²) in [6.45, 7) is 10.8. The summed E-state index contributed by atoms with van der Waals surface area (Å²) in [5.41, 5.74) is 1.91. The molecule has 0 aromatic carbocycles. The van der Waals surface area contributed by atoms with Crippen LogP contribution in [0.25, 0.3) is 11.3 Å². The van der Waals surface area contributed by atoms with Gasteiger partial charge in [0.05, 0.1) is 12.2 Å². The Labute approximate surface area is 163 Å². The summed E-state index contributed by atoms with van der Waals surface area (Å²) >= 11 is 6.02. The standard InChI is InChI=1S/C18H25ClN6O2/c1-11(2)21-14-6-16(19)20-7-13(14)15-10-25(23-22-15)12-8-24(9-12)17(26)27-18(3,4)5/h6-7,10-12H,8-9H2,1-5H3,(H,20,21). The van der Waals surface area contributed by atoms with Gasteiger partial charge in [-0.15, -0.1) is 5.10 Å². The van der Waals surface area contributed by atoms with Gasteiger partial charge in [0.2, 0.25) is 0 Å². The number of carbonyl (C=O) groups is 1. The summed E-state index contributed by atoms with van der Waals surface area (Å²) in [6, 6.07) is 2.11. The highest BCUT2D eigenvalue weighted by atomic mass is 35.5. The van der Waals surface area contributed by atoms with Gasteiger partial charge in [0, 0.05) is 36.6 Å². The number of hydrogen-bond donors (Lipinski definition) is 1. The van der Waals surface area contributed by atoms with E-state index in [1.807, 2.05) is 27.0 Å². The highest BCUT2D eigenvalue weighted by Gasteiger charge is 2.35. The van der Waals surface area contributed by atoms with E-state index in [0.717, 1.165) is 11.3 Å². The zero-order valence-corrected chi connectivity index (χ0v) is 17.0. The third-order valence-corrected chi connectivity index (χ3v) is 4.20. The number of aromatic nitrogens is 4. The van der Waals surface area contributed by atoms with Crippen LogP contribution in [0.1, 0.15) is 40.7 Å². The van der Waals surface area contributed by atoms with Crippen molar-refractivity contribution in [1.29, 1.82) is 0 Å². The molecule has 0 aliphatic carbocycles. The second-order valence-corrected chi connectivity index (χ2v) is 8.36. The van der Waals surface area contributed by atoms with Gasteiger partial charge in [0.15, 0.2) is 0 Å². The van der Waals surface area contributed by atoms with Gasteiger partial charge < -0.3 is 15.0 Å². The second-order valence-electron chi connectivity index (χ2n) is 7.97. The van der Waals surface area contributed by atoms with Gasteiger partial charge in [-0.05, 0) is 40.7 Å². The average molecular weight is 393 g/mol. The summed E-state index contributed by atoms with van der Waals surface area (Å²) in [5.74, 6) is 0. The van der Waals surface area contributed by atoms with Crippen molar-refractivity contribution in [2.45, 2.75) is 52.3 Å². The summed E-state index contributed by atoms with van der Waals surface area (Å²) in [6.07, 6.45) is 3.26. The zero-order valence-electron chi connectivity index (χ0n) is 16.2. The van der Waals surface area contributed by atoms with E-state index in [9.17, 15) is 4.79 Å². The number of anilines is 1. The lowest BCUT2D eigenvalue weighted by atomic mass is 10.1. The molecule has 9 heteroatoms. The first-order chi connectivity index (χ1) is 12.6. The van der Waals surface area contributed by atoms with Gasteiger partial charge in [-0.3, -0.25) is 0 Å². The quantitative estimate of drug-likeness (QED) is 0.800. The van der Waals surface area contributed by atoms with Crippen molar-refractivity contribution in [3.8, 4) is 11.3 Å². The molecule has 2 aromatic heterocycles. The molecule has 0 spiro atoms. The highest BCUT2D eigenvalue weighted by Crippen LogP contribution is 2.30. The van der Waals surface area contributed by atoms with Crippen LogP contribution in [0.2, 0.25) is 5.15 Å². The third-order valence-electron chi connectivity index (χ3n) is 3.99. The first kappa shape index (κ1) is 19.4. The summed E-state index contributed by atoms with van der Waals surface area (Å²) in [5, 5.41) is 12.3. The molecule has 8 nitrogen and oxygen atoms in total. The fourth-order valence-corrected chi connectivity index (χ4v) is 2.90. The fraction of sp³-hybridized carbons (Fsp3) is 0.556. The Balaban J connectivity index is 1.69. The number of carbonyl (C=O) groups excluding carboxylic acids is 1. The Hall–Kier alpha value is -2.35. The lowest BCUT2D eigenvalue weighted by Crippen LogP contribution is -2.52. The number of halogens is 1. The molecule has 3 heterocycles. The lowest BCUT2D eigenvalue weighted by molar-refractivity contribution is -0.000610. The van der Waals surface area contributed by atoms with Crippen molar-refractivity contribution in [2.75, 3.05) is 18.4 Å². The van der Waals surface area contributed by atoms with Crippen molar-refractivity contribution >= 4 is 23.4 Å². The molecule has 3 rings (SSSR count). The van der Waals surface area contributed by atoms with E-state index in [0.29, 0.717) is 23.9 Å². The maximum absolute atomic E-state index is 12.1. The van der Waals surface area contributed by atoms with E-state index >= 15 is 0 Å². The molecule has 2 aromatic rings. The molecule has 1 aliphatic rings. The molecule has 0 radical (unpaired) electrons. The van der Waals surface area contributed by atoms with E-state index in [1.165, 1.54) is 0 Å². The molecule has 27 heavy (non-hydrogen) atoms. The molecule has 1 amide bonds. The van der Waals surface area contributed by atoms with Crippen molar-refractivity contribution in [3.05, 3.63) is 23.6 Å². The molecule has 1 fully saturated rings. The molecule has 146 valence electrons. The van der Waals surface area contributed by atoms with Gasteiger partial charge in [0.1, 0.15) is 16.4 Å². The number of nitrogens with zero attached hydrogens (tertiary/aromatic N) is 5. The molecule has 0 atom stereocenters. The van der Waals surface area contributed by atoms with Crippen LogP contribution >= 0.6 is 11.6 Å². The van der Waals surface area contributed by atoms with Crippen molar-refractivity contribution in [2.24, 2.45) is 0 Å². The number of likely N-dealkylation sites (tertiary alicyclic amines) is 1. The minimum atomic E-state index is -0.496. The maximum Gasteiger partial charge on any atom is 0.410 e. The van der Waals surface area contributed by atoms with Crippen LogP contribution in [-0.2, 0) is 4.74 Å². The smallest absolute Gasteiger partial charge is 0.410 e. The maximum atomic E-state index is 12.1.